The molecule has 1 amide bonds. The van der Waals surface area contributed by atoms with Gasteiger partial charge in [0.25, 0.3) is 0 Å². The minimum Gasteiger partial charge on any atom is -0.394 e. The van der Waals surface area contributed by atoms with E-state index in [1.165, 1.54) is 148 Å². The summed E-state index contributed by atoms with van der Waals surface area (Å²) in [6.07, 6.45) is 31.2. The molecule has 3 heterocycles. The Bertz CT molecular complexity index is 1720. The molecule has 0 bridgehead atoms. The van der Waals surface area contributed by atoms with E-state index >= 15 is 0 Å². The Labute approximate surface area is 523 Å². The highest BCUT2D eigenvalue weighted by Crippen LogP contribution is 2.33. The fraction of sp³-hybridized carbons (Fsp3) is 0.897. The third-order valence-corrected chi connectivity index (χ3v) is 17.4. The lowest BCUT2D eigenvalue weighted by Gasteiger charge is -2.48. The Balaban J connectivity index is 1.44. The van der Waals surface area contributed by atoms with Gasteiger partial charge in [-0.25, -0.2) is 0 Å². The Morgan fingerprint density at radius 3 is 1.20 bits per heavy atom. The van der Waals surface area contributed by atoms with Crippen LogP contribution >= 0.6 is 0 Å². The first kappa shape index (κ1) is 79.2. The number of aliphatic hydroxyl groups excluding tert-OH is 11. The zero-order valence-corrected chi connectivity index (χ0v) is 53.8. The van der Waals surface area contributed by atoms with Gasteiger partial charge in [-0.2, -0.15) is 0 Å². The first-order valence-electron chi connectivity index (χ1n) is 34.7. The van der Waals surface area contributed by atoms with Crippen molar-refractivity contribution in [3.63, 3.8) is 0 Å². The SMILES string of the molecule is CCCCC/C=C\C/C=C\CCCCCCCCCC(=O)NC(COC1OC(CO)C(OC2OC(CO)C(OC3OC(CO)C(O)C(O)C3O)C(O)C2O)C(O)C1O)C(O)/C=C/CCCCCCCCCCCCCCCCCCCCCCCCC. The number of rotatable bonds is 53. The predicted octanol–water partition coefficient (Wildman–Crippen LogP) is 8.83. The molecule has 17 atom stereocenters. The highest BCUT2D eigenvalue weighted by Gasteiger charge is 2.53. The van der Waals surface area contributed by atoms with Crippen molar-refractivity contribution in [2.75, 3.05) is 26.4 Å². The van der Waals surface area contributed by atoms with Gasteiger partial charge in [0, 0.05) is 6.42 Å². The first-order chi connectivity index (χ1) is 42.3. The zero-order valence-electron chi connectivity index (χ0n) is 53.8. The second-order valence-corrected chi connectivity index (χ2v) is 25.0. The molecule has 17 unspecified atom stereocenters. The minimum absolute atomic E-state index is 0.235. The minimum atomic E-state index is -1.98. The van der Waals surface area contributed by atoms with Gasteiger partial charge in [0.1, 0.15) is 73.2 Å². The molecular formula is C68H125NO18. The van der Waals surface area contributed by atoms with Crippen molar-refractivity contribution in [1.29, 1.82) is 0 Å². The van der Waals surface area contributed by atoms with Crippen LogP contribution in [0, 0.1) is 0 Å². The molecule has 0 spiro atoms. The summed E-state index contributed by atoms with van der Waals surface area (Å²) in [5.41, 5.74) is 0. The van der Waals surface area contributed by atoms with E-state index in [-0.39, 0.29) is 18.9 Å². The molecule has 3 rings (SSSR count). The summed E-state index contributed by atoms with van der Waals surface area (Å²) >= 11 is 0. The molecule has 19 heteroatoms. The van der Waals surface area contributed by atoms with E-state index in [0.29, 0.717) is 6.42 Å². The Hall–Kier alpha value is -1.99. The van der Waals surface area contributed by atoms with E-state index in [1.54, 1.807) is 6.08 Å². The number of nitrogens with one attached hydrogen (secondary N) is 1. The number of hydrogen-bond donors (Lipinski definition) is 12. The lowest BCUT2D eigenvalue weighted by atomic mass is 9.96. The lowest BCUT2D eigenvalue weighted by Crippen LogP contribution is -2.66. The molecule has 3 aliphatic heterocycles. The van der Waals surface area contributed by atoms with Crippen LogP contribution in [0.25, 0.3) is 0 Å². The van der Waals surface area contributed by atoms with Crippen molar-refractivity contribution in [2.24, 2.45) is 0 Å². The number of allylic oxidation sites excluding steroid dienone is 5. The van der Waals surface area contributed by atoms with Crippen LogP contribution in [0.3, 0.4) is 0 Å². The fourth-order valence-corrected chi connectivity index (χ4v) is 11.8. The third kappa shape index (κ3) is 32.9. The fourth-order valence-electron chi connectivity index (χ4n) is 11.8. The largest absolute Gasteiger partial charge is 0.394 e. The summed E-state index contributed by atoms with van der Waals surface area (Å²) in [5, 5.41) is 120. The maximum atomic E-state index is 13.4. The molecule has 510 valence electrons. The van der Waals surface area contributed by atoms with Gasteiger partial charge in [-0.1, -0.05) is 237 Å². The summed E-state index contributed by atoms with van der Waals surface area (Å²) in [4.78, 5) is 13.4. The summed E-state index contributed by atoms with van der Waals surface area (Å²) in [5.74, 6) is -0.282. The average Bonchev–Trinajstić information content (AvgIpc) is 2.97. The van der Waals surface area contributed by atoms with E-state index in [1.807, 2.05) is 6.08 Å². The molecule has 3 saturated heterocycles. The van der Waals surface area contributed by atoms with Crippen LogP contribution in [-0.2, 0) is 33.2 Å². The van der Waals surface area contributed by atoms with Gasteiger partial charge < -0.3 is 89.9 Å². The average molecular weight is 1240 g/mol. The second kappa shape index (κ2) is 50.6. The van der Waals surface area contributed by atoms with Crippen LogP contribution in [0.15, 0.2) is 36.5 Å². The number of aliphatic hydroxyl groups is 11. The lowest BCUT2D eigenvalue weighted by molar-refractivity contribution is -0.379. The topological polar surface area (TPSA) is 307 Å². The number of ether oxygens (including phenoxy) is 6. The predicted molar refractivity (Wildman–Crippen MR) is 337 cm³/mol. The van der Waals surface area contributed by atoms with Crippen molar-refractivity contribution < 1.29 is 89.4 Å². The van der Waals surface area contributed by atoms with E-state index in [4.69, 9.17) is 28.4 Å². The molecule has 0 radical (unpaired) electrons. The molecule has 87 heavy (non-hydrogen) atoms. The number of amides is 1. The normalized spacial score (nSPS) is 28.8. The summed E-state index contributed by atoms with van der Waals surface area (Å²) in [7, 11) is 0. The monoisotopic (exact) mass is 1240 g/mol. The van der Waals surface area contributed by atoms with Gasteiger partial charge in [-0.3, -0.25) is 4.79 Å². The Kier molecular flexibility index (Phi) is 46.0. The van der Waals surface area contributed by atoms with Crippen molar-refractivity contribution >= 4 is 5.91 Å². The highest BCUT2D eigenvalue weighted by atomic mass is 16.8. The molecule has 0 aromatic heterocycles. The van der Waals surface area contributed by atoms with Crippen LogP contribution in [0.4, 0.5) is 0 Å². The van der Waals surface area contributed by atoms with E-state index < -0.39 is 124 Å². The number of hydrogen-bond acceptors (Lipinski definition) is 18. The van der Waals surface area contributed by atoms with Gasteiger partial charge in [-0.05, 0) is 51.4 Å². The van der Waals surface area contributed by atoms with E-state index in [0.717, 1.165) is 83.5 Å². The molecule has 0 aliphatic carbocycles. The summed E-state index contributed by atoms with van der Waals surface area (Å²) < 4.78 is 34.3. The molecule has 0 aromatic rings. The quantitative estimate of drug-likeness (QED) is 0.0200. The van der Waals surface area contributed by atoms with Gasteiger partial charge >= 0.3 is 0 Å². The van der Waals surface area contributed by atoms with Crippen molar-refractivity contribution in [3.05, 3.63) is 36.5 Å². The maximum Gasteiger partial charge on any atom is 0.220 e. The molecule has 0 saturated carbocycles. The first-order valence-corrected chi connectivity index (χ1v) is 34.7. The summed E-state index contributed by atoms with van der Waals surface area (Å²) in [6, 6.07) is -0.977. The van der Waals surface area contributed by atoms with Crippen LogP contribution in [-0.4, -0.2) is 193 Å². The third-order valence-electron chi connectivity index (χ3n) is 17.4. The van der Waals surface area contributed by atoms with E-state index in [9.17, 15) is 61.0 Å². The van der Waals surface area contributed by atoms with Crippen LogP contribution in [0.1, 0.15) is 258 Å². The maximum absolute atomic E-state index is 13.4. The Morgan fingerprint density at radius 2 is 0.759 bits per heavy atom. The molecule has 12 N–H and O–H groups in total. The summed E-state index contributed by atoms with van der Waals surface area (Å²) in [6.45, 7) is 1.72. The second-order valence-electron chi connectivity index (χ2n) is 25.0. The number of carbonyl (C=O) groups excluding carboxylic acids is 1. The van der Waals surface area contributed by atoms with Crippen LogP contribution < -0.4 is 5.32 Å². The molecule has 3 aliphatic rings. The van der Waals surface area contributed by atoms with Crippen molar-refractivity contribution in [2.45, 2.75) is 362 Å². The standard InChI is InChI=1S/C68H125NO18/c1-3-5-7-9-11-13-15-17-19-21-22-23-24-25-26-27-28-30-31-33-35-37-39-41-43-45-52(73)51(69-56(74)46-44-42-40-38-36-34-32-29-20-18-16-14-12-10-8-6-4-2)50-82-66-62(80)59(77)64(54(48-71)84-66)87-68-63(81)60(78)65(55(49-72)85-68)86-67-61(79)58(76)57(75)53(47-70)83-67/h12,14,18,20,43,45,51-55,57-68,70-73,75-81H,3-11,13,15-17,19,21-42,44,46-50H2,1-2H3,(H,69,74)/b14-12-,20-18-,45-43+. The molecule has 3 fully saturated rings. The molecule has 19 nitrogen and oxygen atoms in total. The van der Waals surface area contributed by atoms with Gasteiger partial charge in [0.05, 0.1) is 38.6 Å². The van der Waals surface area contributed by atoms with Crippen LogP contribution in [0.5, 0.6) is 0 Å². The highest BCUT2D eigenvalue weighted by molar-refractivity contribution is 5.76. The number of carbonyl (C=O) groups is 1. The smallest absolute Gasteiger partial charge is 0.220 e. The van der Waals surface area contributed by atoms with Gasteiger partial charge in [0.15, 0.2) is 18.9 Å². The van der Waals surface area contributed by atoms with E-state index in [2.05, 4.69) is 43.5 Å². The Morgan fingerprint density at radius 1 is 0.414 bits per heavy atom. The van der Waals surface area contributed by atoms with Crippen molar-refractivity contribution in [3.8, 4) is 0 Å². The number of unbranched alkanes of at least 4 members (excludes halogenated alkanes) is 33. The molecular weight excluding hydrogens is 1120 g/mol. The van der Waals surface area contributed by atoms with Crippen molar-refractivity contribution in [1.82, 2.24) is 5.32 Å². The van der Waals surface area contributed by atoms with Gasteiger partial charge in [-0.15, -0.1) is 0 Å². The zero-order chi connectivity index (χ0) is 63.3. The van der Waals surface area contributed by atoms with Gasteiger partial charge in [0.2, 0.25) is 5.91 Å². The molecule has 0 aromatic carbocycles. The van der Waals surface area contributed by atoms with Crippen LogP contribution in [0.2, 0.25) is 0 Å².